The Morgan fingerprint density at radius 1 is 1.19 bits per heavy atom. The zero-order valence-electron chi connectivity index (χ0n) is 13.5. The van der Waals surface area contributed by atoms with E-state index in [9.17, 15) is 4.79 Å². The van der Waals surface area contributed by atoms with Crippen molar-refractivity contribution in [2.45, 2.75) is 47.0 Å². The highest BCUT2D eigenvalue weighted by Crippen LogP contribution is 2.40. The fraction of sp³-hybridized carbons (Fsp3) is 0.421. The van der Waals surface area contributed by atoms with E-state index < -0.39 is 5.97 Å². The Kier molecular flexibility index (Phi) is 6.41. The number of allylic oxidation sites excluding steroid dienone is 9. The topological polar surface area (TPSA) is 37.3 Å². The van der Waals surface area contributed by atoms with E-state index >= 15 is 0 Å². The minimum Gasteiger partial charge on any atom is -0.478 e. The lowest BCUT2D eigenvalue weighted by Gasteiger charge is -2.32. The van der Waals surface area contributed by atoms with Crippen molar-refractivity contribution in [3.05, 3.63) is 59.3 Å². The number of carboxylic acid groups (broad SMARTS) is 1. The summed E-state index contributed by atoms with van der Waals surface area (Å²) in [6.07, 6.45) is 16.7. The van der Waals surface area contributed by atoms with E-state index in [-0.39, 0.29) is 5.41 Å². The summed E-state index contributed by atoms with van der Waals surface area (Å²) in [6, 6.07) is 0. The van der Waals surface area contributed by atoms with Gasteiger partial charge in [-0.15, -0.1) is 0 Å². The Labute approximate surface area is 128 Å². The zero-order chi connectivity index (χ0) is 15.9. The molecule has 0 bridgehead atoms. The summed E-state index contributed by atoms with van der Waals surface area (Å²) < 4.78 is 0. The molecule has 2 nitrogen and oxygen atoms in total. The molecule has 0 fully saturated rings. The number of carbonyl (C=O) groups is 1. The number of hydrogen-bond donors (Lipinski definition) is 1. The second kappa shape index (κ2) is 7.82. The molecule has 0 aromatic carbocycles. The van der Waals surface area contributed by atoms with Gasteiger partial charge in [-0.3, -0.25) is 0 Å². The molecule has 0 saturated carbocycles. The average molecular weight is 286 g/mol. The highest BCUT2D eigenvalue weighted by atomic mass is 16.4. The summed E-state index contributed by atoms with van der Waals surface area (Å²) in [6.45, 7) is 8.61. The van der Waals surface area contributed by atoms with Crippen molar-refractivity contribution in [3.8, 4) is 0 Å². The van der Waals surface area contributed by atoms with E-state index in [1.54, 1.807) is 13.0 Å². The fourth-order valence-corrected chi connectivity index (χ4v) is 2.74. The van der Waals surface area contributed by atoms with Crippen LogP contribution in [0.4, 0.5) is 0 Å². The normalized spacial score (nSPS) is 20.1. The van der Waals surface area contributed by atoms with Gasteiger partial charge in [-0.1, -0.05) is 55.9 Å². The highest BCUT2D eigenvalue weighted by Gasteiger charge is 2.26. The molecule has 0 saturated heterocycles. The van der Waals surface area contributed by atoms with E-state index in [4.69, 9.17) is 5.11 Å². The van der Waals surface area contributed by atoms with E-state index in [0.717, 1.165) is 5.57 Å². The van der Waals surface area contributed by atoms with Crippen LogP contribution in [0, 0.1) is 5.41 Å². The third kappa shape index (κ3) is 5.99. The molecule has 2 heteroatoms. The van der Waals surface area contributed by atoms with Crippen LogP contribution in [0.2, 0.25) is 0 Å². The average Bonchev–Trinajstić information content (AvgIpc) is 2.34. The first-order valence-electron chi connectivity index (χ1n) is 7.46. The van der Waals surface area contributed by atoms with Crippen molar-refractivity contribution >= 4 is 5.97 Å². The van der Waals surface area contributed by atoms with Crippen LogP contribution in [0.5, 0.6) is 0 Å². The highest BCUT2D eigenvalue weighted by molar-refractivity contribution is 5.81. The SMILES string of the molecule is CC1=C(/C=C/C=C\C=C\C(C)=C\C(=O)O)C(C)(C)CCC1. The van der Waals surface area contributed by atoms with Gasteiger partial charge < -0.3 is 5.11 Å². The smallest absolute Gasteiger partial charge is 0.328 e. The third-order valence-electron chi connectivity index (χ3n) is 3.85. The van der Waals surface area contributed by atoms with Gasteiger partial charge in [0.2, 0.25) is 0 Å². The van der Waals surface area contributed by atoms with Gasteiger partial charge in [0.15, 0.2) is 0 Å². The van der Waals surface area contributed by atoms with Crippen molar-refractivity contribution in [3.63, 3.8) is 0 Å². The molecule has 21 heavy (non-hydrogen) atoms. The van der Waals surface area contributed by atoms with Gasteiger partial charge in [0.1, 0.15) is 0 Å². The molecule has 0 amide bonds. The molecule has 1 N–H and O–H groups in total. The molecule has 0 spiro atoms. The third-order valence-corrected chi connectivity index (χ3v) is 3.85. The Bertz CT molecular complexity index is 526. The quantitative estimate of drug-likeness (QED) is 0.556. The zero-order valence-corrected chi connectivity index (χ0v) is 13.5. The summed E-state index contributed by atoms with van der Waals surface area (Å²) >= 11 is 0. The van der Waals surface area contributed by atoms with Gasteiger partial charge in [0.05, 0.1) is 0 Å². The lowest BCUT2D eigenvalue weighted by Crippen LogP contribution is -2.18. The molecule has 0 aliphatic heterocycles. The largest absolute Gasteiger partial charge is 0.478 e. The molecule has 0 radical (unpaired) electrons. The molecule has 1 rings (SSSR count). The van der Waals surface area contributed by atoms with Crippen LogP contribution in [-0.4, -0.2) is 11.1 Å². The first-order valence-corrected chi connectivity index (χ1v) is 7.46. The van der Waals surface area contributed by atoms with Gasteiger partial charge in [0.25, 0.3) is 0 Å². The van der Waals surface area contributed by atoms with Gasteiger partial charge >= 0.3 is 5.97 Å². The summed E-state index contributed by atoms with van der Waals surface area (Å²) in [5, 5.41) is 8.60. The van der Waals surface area contributed by atoms with Gasteiger partial charge in [-0.05, 0) is 49.7 Å². The summed E-state index contributed by atoms with van der Waals surface area (Å²) in [4.78, 5) is 10.5. The van der Waals surface area contributed by atoms with Gasteiger partial charge in [0, 0.05) is 6.08 Å². The Balaban J connectivity index is 2.64. The number of carboxylic acids is 1. The molecular weight excluding hydrogens is 260 g/mol. The predicted octanol–water partition coefficient (Wildman–Crippen LogP) is 5.21. The van der Waals surface area contributed by atoms with Gasteiger partial charge in [-0.2, -0.15) is 0 Å². The maximum Gasteiger partial charge on any atom is 0.328 e. The first-order chi connectivity index (χ1) is 9.83. The standard InChI is InChI=1S/C19H26O2/c1-15(14-18(20)21)10-7-5-6-8-12-17-16(2)11-9-13-19(17,3)4/h5-8,10,12,14H,9,11,13H2,1-4H3,(H,20,21)/b6-5-,10-7+,12-8+,15-14+. The van der Waals surface area contributed by atoms with Crippen molar-refractivity contribution in [1.82, 2.24) is 0 Å². The lowest BCUT2D eigenvalue weighted by molar-refractivity contribution is -0.131. The van der Waals surface area contributed by atoms with Crippen molar-refractivity contribution in [2.75, 3.05) is 0 Å². The molecule has 1 aliphatic rings. The van der Waals surface area contributed by atoms with Crippen molar-refractivity contribution in [1.29, 1.82) is 0 Å². The molecular formula is C19H26O2. The van der Waals surface area contributed by atoms with Crippen LogP contribution in [-0.2, 0) is 4.79 Å². The van der Waals surface area contributed by atoms with Crippen molar-refractivity contribution in [2.24, 2.45) is 5.41 Å². The van der Waals surface area contributed by atoms with E-state index in [1.807, 2.05) is 18.2 Å². The van der Waals surface area contributed by atoms with E-state index in [2.05, 4.69) is 32.9 Å². The lowest BCUT2D eigenvalue weighted by atomic mass is 9.73. The number of rotatable bonds is 5. The first kappa shape index (κ1) is 17.2. The Morgan fingerprint density at radius 3 is 2.48 bits per heavy atom. The molecule has 0 heterocycles. The molecule has 0 unspecified atom stereocenters. The summed E-state index contributed by atoms with van der Waals surface area (Å²) in [7, 11) is 0. The van der Waals surface area contributed by atoms with Crippen LogP contribution in [0.3, 0.4) is 0 Å². The van der Waals surface area contributed by atoms with Crippen LogP contribution in [0.25, 0.3) is 0 Å². The molecule has 1 aliphatic carbocycles. The van der Waals surface area contributed by atoms with Crippen LogP contribution < -0.4 is 0 Å². The van der Waals surface area contributed by atoms with Crippen LogP contribution in [0.1, 0.15) is 47.0 Å². The number of aliphatic carboxylic acids is 1. The minimum absolute atomic E-state index is 0.267. The Morgan fingerprint density at radius 2 is 1.86 bits per heavy atom. The molecule has 0 atom stereocenters. The van der Waals surface area contributed by atoms with Crippen LogP contribution >= 0.6 is 0 Å². The van der Waals surface area contributed by atoms with Gasteiger partial charge in [-0.25, -0.2) is 4.79 Å². The summed E-state index contributed by atoms with van der Waals surface area (Å²) in [5.74, 6) is -0.914. The Hall–Kier alpha value is -1.83. The molecule has 0 aromatic heterocycles. The maximum atomic E-state index is 10.5. The predicted molar refractivity (Wildman–Crippen MR) is 89.1 cm³/mol. The van der Waals surface area contributed by atoms with E-state index in [0.29, 0.717) is 0 Å². The molecule has 0 aromatic rings. The van der Waals surface area contributed by atoms with E-state index in [1.165, 1.54) is 36.5 Å². The maximum absolute atomic E-state index is 10.5. The molecule has 114 valence electrons. The summed E-state index contributed by atoms with van der Waals surface area (Å²) in [5.41, 5.74) is 3.93. The fourth-order valence-electron chi connectivity index (χ4n) is 2.74. The minimum atomic E-state index is -0.914. The monoisotopic (exact) mass is 286 g/mol. The van der Waals surface area contributed by atoms with Crippen molar-refractivity contribution < 1.29 is 9.90 Å². The second-order valence-corrected chi connectivity index (χ2v) is 6.26. The van der Waals surface area contributed by atoms with Crippen LogP contribution in [0.15, 0.2) is 59.3 Å². The second-order valence-electron chi connectivity index (χ2n) is 6.26. The number of hydrogen-bond acceptors (Lipinski definition) is 1.